The van der Waals surface area contributed by atoms with E-state index in [-0.39, 0.29) is 11.8 Å². The highest BCUT2D eigenvalue weighted by Gasteiger charge is 2.55. The van der Waals surface area contributed by atoms with Gasteiger partial charge in [-0.2, -0.15) is 0 Å². The molecular formula is C16H24O4. The average molecular weight is 280 g/mol. The molecule has 6 atom stereocenters. The van der Waals surface area contributed by atoms with Crippen LogP contribution in [0.1, 0.15) is 51.4 Å². The molecule has 0 aromatic carbocycles. The van der Waals surface area contributed by atoms with Crippen molar-refractivity contribution < 1.29 is 19.8 Å². The maximum Gasteiger partial charge on any atom is 0.307 e. The second-order valence-corrected chi connectivity index (χ2v) is 6.95. The molecule has 3 aliphatic rings. The normalized spacial score (nSPS) is 44.2. The molecule has 112 valence electrons. The van der Waals surface area contributed by atoms with Gasteiger partial charge in [0.05, 0.1) is 11.8 Å². The first-order valence-electron chi connectivity index (χ1n) is 8.07. The Hall–Kier alpha value is -1.06. The molecule has 0 aliphatic heterocycles. The van der Waals surface area contributed by atoms with Crippen LogP contribution in [0.15, 0.2) is 0 Å². The van der Waals surface area contributed by atoms with Gasteiger partial charge in [0.1, 0.15) is 0 Å². The van der Waals surface area contributed by atoms with Crippen LogP contribution in [0.3, 0.4) is 0 Å². The summed E-state index contributed by atoms with van der Waals surface area (Å²) < 4.78 is 0. The molecule has 0 unspecified atom stereocenters. The topological polar surface area (TPSA) is 74.6 Å². The first-order chi connectivity index (χ1) is 9.61. The van der Waals surface area contributed by atoms with Gasteiger partial charge < -0.3 is 10.2 Å². The maximum atomic E-state index is 11.7. The van der Waals surface area contributed by atoms with Crippen molar-refractivity contribution in [3.8, 4) is 0 Å². The van der Waals surface area contributed by atoms with Crippen LogP contribution in [-0.2, 0) is 9.59 Å². The van der Waals surface area contributed by atoms with E-state index in [1.807, 2.05) is 0 Å². The van der Waals surface area contributed by atoms with Gasteiger partial charge in [0.15, 0.2) is 0 Å². The molecule has 0 saturated heterocycles. The van der Waals surface area contributed by atoms with Crippen LogP contribution in [0.5, 0.6) is 0 Å². The third kappa shape index (κ3) is 2.13. The monoisotopic (exact) mass is 280 g/mol. The molecular weight excluding hydrogens is 256 g/mol. The molecule has 0 bridgehead atoms. The van der Waals surface area contributed by atoms with E-state index in [9.17, 15) is 19.8 Å². The molecule has 20 heavy (non-hydrogen) atoms. The number of carboxylic acid groups (broad SMARTS) is 2. The minimum Gasteiger partial charge on any atom is -0.481 e. The first kappa shape index (κ1) is 13.9. The lowest BCUT2D eigenvalue weighted by molar-refractivity contribution is -0.172. The fourth-order valence-electron chi connectivity index (χ4n) is 5.54. The summed E-state index contributed by atoms with van der Waals surface area (Å²) in [6.07, 6.45) is 8.56. The second kappa shape index (κ2) is 5.38. The highest BCUT2D eigenvalue weighted by molar-refractivity contribution is 5.81. The second-order valence-electron chi connectivity index (χ2n) is 6.95. The van der Waals surface area contributed by atoms with Crippen LogP contribution in [0.25, 0.3) is 0 Å². The van der Waals surface area contributed by atoms with Crippen molar-refractivity contribution in [2.24, 2.45) is 35.5 Å². The lowest BCUT2D eigenvalue weighted by Crippen LogP contribution is -2.53. The summed E-state index contributed by atoms with van der Waals surface area (Å²) in [5, 5.41) is 19.2. The van der Waals surface area contributed by atoms with Gasteiger partial charge in [-0.05, 0) is 49.4 Å². The van der Waals surface area contributed by atoms with Crippen molar-refractivity contribution in [1.29, 1.82) is 0 Å². The lowest BCUT2D eigenvalue weighted by atomic mass is 9.50. The van der Waals surface area contributed by atoms with Gasteiger partial charge in [-0.15, -0.1) is 0 Å². The van der Waals surface area contributed by atoms with E-state index in [1.54, 1.807) is 0 Å². The van der Waals surface area contributed by atoms with Crippen LogP contribution in [0.2, 0.25) is 0 Å². The SMILES string of the molecule is O=C(O)[C@@H]1[C@@H]2CCCC[C@H]2[C@@H]2CCCC[C@@H]2[C@@H]1C(=O)O. The van der Waals surface area contributed by atoms with Gasteiger partial charge in [-0.3, -0.25) is 9.59 Å². The van der Waals surface area contributed by atoms with Gasteiger partial charge in [0.25, 0.3) is 0 Å². The number of hydrogen-bond donors (Lipinski definition) is 2. The Morgan fingerprint density at radius 2 is 0.900 bits per heavy atom. The molecule has 3 saturated carbocycles. The van der Waals surface area contributed by atoms with Crippen LogP contribution in [0, 0.1) is 35.5 Å². The number of rotatable bonds is 2. The fraction of sp³-hybridized carbons (Fsp3) is 0.875. The summed E-state index contributed by atoms with van der Waals surface area (Å²) in [6.45, 7) is 0. The minimum atomic E-state index is -0.877. The third-order valence-corrected chi connectivity index (χ3v) is 6.18. The Balaban J connectivity index is 1.98. The van der Waals surface area contributed by atoms with E-state index in [0.717, 1.165) is 38.5 Å². The highest BCUT2D eigenvalue weighted by Crippen LogP contribution is 2.56. The van der Waals surface area contributed by atoms with Crippen molar-refractivity contribution in [3.05, 3.63) is 0 Å². The zero-order valence-corrected chi connectivity index (χ0v) is 11.8. The number of fused-ring (bicyclic) bond motifs is 3. The Morgan fingerprint density at radius 1 is 0.600 bits per heavy atom. The van der Waals surface area contributed by atoms with Gasteiger partial charge >= 0.3 is 11.9 Å². The molecule has 0 heterocycles. The summed E-state index contributed by atoms with van der Waals surface area (Å²) in [5.41, 5.74) is 0. The molecule has 2 N–H and O–H groups in total. The number of hydrogen-bond acceptors (Lipinski definition) is 2. The fourth-order valence-corrected chi connectivity index (χ4v) is 5.54. The Morgan fingerprint density at radius 3 is 1.20 bits per heavy atom. The van der Waals surface area contributed by atoms with Gasteiger partial charge in [0, 0.05) is 0 Å². The number of aliphatic carboxylic acids is 2. The number of carbonyl (C=O) groups is 2. The molecule has 3 rings (SSSR count). The minimum absolute atomic E-state index is 0.0988. The van der Waals surface area contributed by atoms with Crippen molar-refractivity contribution in [3.63, 3.8) is 0 Å². The zero-order valence-electron chi connectivity index (χ0n) is 11.8. The highest BCUT2D eigenvalue weighted by atomic mass is 16.4. The summed E-state index contributed by atoms with van der Waals surface area (Å²) in [4.78, 5) is 23.5. The average Bonchev–Trinajstić information content (AvgIpc) is 2.45. The molecule has 0 aromatic heterocycles. The van der Waals surface area contributed by atoms with Crippen molar-refractivity contribution in [2.45, 2.75) is 51.4 Å². The van der Waals surface area contributed by atoms with E-state index >= 15 is 0 Å². The quantitative estimate of drug-likeness (QED) is 0.815. The van der Waals surface area contributed by atoms with Gasteiger partial charge in [-0.1, -0.05) is 25.7 Å². The molecule has 3 aliphatic carbocycles. The number of carboxylic acids is 2. The van der Waals surface area contributed by atoms with Gasteiger partial charge in [-0.25, -0.2) is 0 Å². The Labute approximate surface area is 119 Å². The predicted molar refractivity (Wildman–Crippen MR) is 73.1 cm³/mol. The molecule has 4 nitrogen and oxygen atoms in total. The van der Waals surface area contributed by atoms with Crippen molar-refractivity contribution in [1.82, 2.24) is 0 Å². The van der Waals surface area contributed by atoms with E-state index in [0.29, 0.717) is 11.8 Å². The lowest BCUT2D eigenvalue weighted by Gasteiger charge is -2.53. The van der Waals surface area contributed by atoms with Crippen LogP contribution >= 0.6 is 0 Å². The maximum absolute atomic E-state index is 11.7. The van der Waals surface area contributed by atoms with Crippen LogP contribution in [-0.4, -0.2) is 22.2 Å². The summed E-state index contributed by atoms with van der Waals surface area (Å²) in [5.74, 6) is -1.94. The largest absolute Gasteiger partial charge is 0.481 e. The molecule has 0 amide bonds. The Bertz CT molecular complexity index is 367. The third-order valence-electron chi connectivity index (χ3n) is 6.18. The first-order valence-corrected chi connectivity index (χ1v) is 8.07. The molecule has 0 radical (unpaired) electrons. The Kier molecular flexibility index (Phi) is 3.74. The molecule has 4 heteroatoms. The predicted octanol–water partition coefficient (Wildman–Crippen LogP) is 3.01. The summed E-state index contributed by atoms with van der Waals surface area (Å²) in [6, 6.07) is 0. The molecule has 0 aromatic rings. The molecule has 3 fully saturated rings. The van der Waals surface area contributed by atoms with E-state index in [2.05, 4.69) is 0 Å². The standard InChI is InChI=1S/C16H24O4/c17-15(18)13-11-7-3-1-5-9(11)10-6-2-4-8-12(10)14(13)16(19)20/h9-14H,1-8H2,(H,17,18)(H,19,20)/t9-,10-,11-,12+,13-,14+/m0/s1. The van der Waals surface area contributed by atoms with E-state index < -0.39 is 23.8 Å². The van der Waals surface area contributed by atoms with Crippen LogP contribution < -0.4 is 0 Å². The van der Waals surface area contributed by atoms with Gasteiger partial charge in [0.2, 0.25) is 0 Å². The smallest absolute Gasteiger partial charge is 0.307 e. The van der Waals surface area contributed by atoms with Crippen molar-refractivity contribution in [2.75, 3.05) is 0 Å². The zero-order chi connectivity index (χ0) is 14.3. The van der Waals surface area contributed by atoms with E-state index in [4.69, 9.17) is 0 Å². The van der Waals surface area contributed by atoms with Crippen LogP contribution in [0.4, 0.5) is 0 Å². The summed E-state index contributed by atoms with van der Waals surface area (Å²) >= 11 is 0. The molecule has 0 spiro atoms. The van der Waals surface area contributed by atoms with Crippen molar-refractivity contribution >= 4 is 11.9 Å². The summed E-state index contributed by atoms with van der Waals surface area (Å²) in [7, 11) is 0. The van der Waals surface area contributed by atoms with E-state index in [1.165, 1.54) is 12.8 Å².